The number of nitrogen functional groups attached to an aromatic ring is 1. The van der Waals surface area contributed by atoms with Gasteiger partial charge in [0, 0.05) is 22.7 Å². The minimum absolute atomic E-state index is 0.414. The van der Waals surface area contributed by atoms with E-state index in [1.54, 1.807) is 18.2 Å². The van der Waals surface area contributed by atoms with E-state index in [9.17, 15) is 0 Å². The van der Waals surface area contributed by atoms with Crippen LogP contribution in [0.5, 0.6) is 0 Å². The molecule has 0 aliphatic heterocycles. The van der Waals surface area contributed by atoms with Gasteiger partial charge in [-0.3, -0.25) is 0 Å². The molecule has 6 heteroatoms. The van der Waals surface area contributed by atoms with Crippen molar-refractivity contribution in [2.45, 2.75) is 6.42 Å². The van der Waals surface area contributed by atoms with E-state index in [1.165, 1.54) is 0 Å². The summed E-state index contributed by atoms with van der Waals surface area (Å²) >= 11 is 12.0. The maximum absolute atomic E-state index is 8.08. The Hall–Kier alpha value is -1.35. The lowest BCUT2D eigenvalue weighted by Crippen LogP contribution is -1.87. The molecule has 0 radical (unpaired) electrons. The normalized spacial score (nSPS) is 10.4. The van der Waals surface area contributed by atoms with Crippen LogP contribution in [-0.2, 0) is 0 Å². The highest BCUT2D eigenvalue weighted by Crippen LogP contribution is 2.28. The number of halogens is 2. The van der Waals surface area contributed by atoms with Crippen molar-refractivity contribution in [1.82, 2.24) is 0 Å². The molecule has 0 aliphatic carbocycles. The largest absolute Gasteiger partial charge is 0.399 e. The highest BCUT2D eigenvalue weighted by Gasteiger charge is 2.03. The zero-order valence-corrected chi connectivity index (χ0v) is 9.91. The summed E-state index contributed by atoms with van der Waals surface area (Å²) in [7, 11) is 0. The maximum atomic E-state index is 8.08. The van der Waals surface area contributed by atoms with E-state index < -0.39 is 0 Å². The van der Waals surface area contributed by atoms with Gasteiger partial charge in [-0.1, -0.05) is 40.5 Å². The van der Waals surface area contributed by atoms with Crippen LogP contribution in [0.4, 0.5) is 5.69 Å². The molecule has 0 spiro atoms. The molecule has 16 heavy (non-hydrogen) atoms. The number of anilines is 1. The van der Waals surface area contributed by atoms with Gasteiger partial charge in [0.25, 0.3) is 0 Å². The first kappa shape index (κ1) is 12.7. The molecular weight excluding hydrogens is 247 g/mol. The summed E-state index contributed by atoms with van der Waals surface area (Å²) in [6, 6.07) is 3.28. The fourth-order valence-corrected chi connectivity index (χ4v) is 1.77. The Morgan fingerprint density at radius 1 is 1.38 bits per heavy atom. The Balaban J connectivity index is 2.77. The lowest BCUT2D eigenvalue weighted by Gasteiger charge is -2.03. The molecule has 0 unspecified atom stereocenters. The molecule has 0 bridgehead atoms. The number of hydrogen-bond donors (Lipinski definition) is 1. The Bertz CT molecular complexity index is 427. The van der Waals surface area contributed by atoms with E-state index in [2.05, 4.69) is 10.0 Å². The first-order valence-electron chi connectivity index (χ1n) is 4.57. The molecule has 0 heterocycles. The van der Waals surface area contributed by atoms with Gasteiger partial charge in [-0.2, -0.15) is 0 Å². The molecule has 1 aromatic rings. The molecule has 84 valence electrons. The summed E-state index contributed by atoms with van der Waals surface area (Å²) in [5, 5.41) is 4.41. The first-order chi connectivity index (χ1) is 7.65. The van der Waals surface area contributed by atoms with Crippen LogP contribution in [0.3, 0.4) is 0 Å². The first-order valence-corrected chi connectivity index (χ1v) is 5.32. The third-order valence-electron chi connectivity index (χ3n) is 1.84. The Kier molecular flexibility index (Phi) is 4.99. The zero-order chi connectivity index (χ0) is 12.0. The van der Waals surface area contributed by atoms with E-state index in [-0.39, 0.29) is 0 Å². The van der Waals surface area contributed by atoms with Gasteiger partial charge in [-0.05, 0) is 24.1 Å². The van der Waals surface area contributed by atoms with Crippen LogP contribution < -0.4 is 5.73 Å². The molecule has 0 fully saturated rings. The molecule has 2 N–H and O–H groups in total. The van der Waals surface area contributed by atoms with Crippen molar-refractivity contribution in [2.24, 2.45) is 5.11 Å². The van der Waals surface area contributed by atoms with Crippen molar-refractivity contribution >= 4 is 35.0 Å². The summed E-state index contributed by atoms with van der Waals surface area (Å²) in [5.41, 5.74) is 14.9. The molecule has 0 saturated carbocycles. The minimum atomic E-state index is 0.414. The number of hydrogen-bond acceptors (Lipinski definition) is 2. The molecule has 4 nitrogen and oxygen atoms in total. The van der Waals surface area contributed by atoms with Crippen molar-refractivity contribution in [3.8, 4) is 0 Å². The molecule has 0 saturated heterocycles. The van der Waals surface area contributed by atoms with Gasteiger partial charge in [-0.25, -0.2) is 0 Å². The molecule has 1 rings (SSSR count). The van der Waals surface area contributed by atoms with E-state index >= 15 is 0 Å². The average molecular weight is 257 g/mol. The van der Waals surface area contributed by atoms with E-state index in [1.807, 2.05) is 6.08 Å². The predicted octanol–water partition coefficient (Wildman–Crippen LogP) is 4.29. The predicted molar refractivity (Wildman–Crippen MR) is 68.5 cm³/mol. The summed E-state index contributed by atoms with van der Waals surface area (Å²) in [5.74, 6) is 0. The second kappa shape index (κ2) is 6.28. The molecule has 0 aliphatic rings. The monoisotopic (exact) mass is 256 g/mol. The van der Waals surface area contributed by atoms with Gasteiger partial charge in [0.1, 0.15) is 0 Å². The summed E-state index contributed by atoms with van der Waals surface area (Å²) in [6.45, 7) is 0.414. The van der Waals surface area contributed by atoms with Crippen molar-refractivity contribution in [1.29, 1.82) is 0 Å². The number of rotatable bonds is 4. The van der Waals surface area contributed by atoms with Gasteiger partial charge in [0.05, 0.1) is 10.0 Å². The van der Waals surface area contributed by atoms with Gasteiger partial charge in [-0.15, -0.1) is 0 Å². The fraction of sp³-hybridized carbons (Fsp3) is 0.200. The van der Waals surface area contributed by atoms with Crippen molar-refractivity contribution in [3.05, 3.63) is 44.3 Å². The van der Waals surface area contributed by atoms with E-state index in [0.717, 1.165) is 5.56 Å². The highest BCUT2D eigenvalue weighted by atomic mass is 35.5. The second-order valence-electron chi connectivity index (χ2n) is 3.04. The second-order valence-corrected chi connectivity index (χ2v) is 3.86. The Morgan fingerprint density at radius 2 is 2.00 bits per heavy atom. The van der Waals surface area contributed by atoms with Gasteiger partial charge < -0.3 is 5.73 Å². The molecular formula is C10H10Cl2N4. The standard InChI is InChI=1S/C10H10Cl2N4/c11-9-5-7(13)6-10(12)8(9)3-1-2-4-15-16-14/h1,3,5-6H,2,4,13H2. The van der Waals surface area contributed by atoms with Crippen LogP contribution in [0.15, 0.2) is 23.3 Å². The topological polar surface area (TPSA) is 74.8 Å². The minimum Gasteiger partial charge on any atom is -0.399 e. The highest BCUT2D eigenvalue weighted by molar-refractivity contribution is 6.37. The summed E-state index contributed by atoms with van der Waals surface area (Å²) in [4.78, 5) is 2.65. The molecule has 1 aromatic carbocycles. The van der Waals surface area contributed by atoms with Crippen molar-refractivity contribution in [2.75, 3.05) is 12.3 Å². The van der Waals surface area contributed by atoms with Crippen LogP contribution in [0.1, 0.15) is 12.0 Å². The van der Waals surface area contributed by atoms with E-state index in [4.69, 9.17) is 34.5 Å². The maximum Gasteiger partial charge on any atom is 0.0513 e. The van der Waals surface area contributed by atoms with Crippen molar-refractivity contribution in [3.63, 3.8) is 0 Å². The van der Waals surface area contributed by atoms with Crippen LogP contribution in [0, 0.1) is 0 Å². The molecule has 0 atom stereocenters. The van der Waals surface area contributed by atoms with Crippen LogP contribution in [-0.4, -0.2) is 6.54 Å². The number of nitrogens with zero attached hydrogens (tertiary/aromatic N) is 3. The quantitative estimate of drug-likeness (QED) is 0.282. The van der Waals surface area contributed by atoms with Gasteiger partial charge >= 0.3 is 0 Å². The average Bonchev–Trinajstić information content (AvgIpc) is 2.20. The van der Waals surface area contributed by atoms with Gasteiger partial charge in [0.15, 0.2) is 0 Å². The smallest absolute Gasteiger partial charge is 0.0513 e. The SMILES string of the molecule is [N-]=[N+]=NCCC=Cc1c(Cl)cc(N)cc1Cl. The van der Waals surface area contributed by atoms with Crippen LogP contribution in [0.2, 0.25) is 10.0 Å². The van der Waals surface area contributed by atoms with Crippen molar-refractivity contribution < 1.29 is 0 Å². The molecule has 0 amide bonds. The van der Waals surface area contributed by atoms with Crippen LogP contribution in [0.25, 0.3) is 16.5 Å². The van der Waals surface area contributed by atoms with Crippen LogP contribution >= 0.6 is 23.2 Å². The summed E-state index contributed by atoms with van der Waals surface area (Å²) in [6.07, 6.45) is 4.27. The van der Waals surface area contributed by atoms with E-state index in [0.29, 0.717) is 28.7 Å². The number of benzene rings is 1. The lowest BCUT2D eigenvalue weighted by molar-refractivity contribution is 0.996. The zero-order valence-electron chi connectivity index (χ0n) is 8.40. The third-order valence-corrected chi connectivity index (χ3v) is 2.47. The third kappa shape index (κ3) is 3.66. The fourth-order valence-electron chi connectivity index (χ4n) is 1.14. The Morgan fingerprint density at radius 3 is 2.56 bits per heavy atom. The number of azide groups is 1. The molecule has 0 aromatic heterocycles. The lowest BCUT2D eigenvalue weighted by atomic mass is 10.2. The summed E-state index contributed by atoms with van der Waals surface area (Å²) < 4.78 is 0. The van der Waals surface area contributed by atoms with Gasteiger partial charge in [0.2, 0.25) is 0 Å². The Labute approximate surface area is 103 Å². The number of nitrogens with two attached hydrogens (primary N) is 1.